The van der Waals surface area contributed by atoms with Crippen molar-refractivity contribution in [2.45, 2.75) is 45.3 Å². The lowest BCUT2D eigenvalue weighted by atomic mass is 10.0. The molecule has 4 aromatic rings. The monoisotopic (exact) mass is 691 g/mol. The third kappa shape index (κ3) is 9.92. The van der Waals surface area contributed by atoms with Gasteiger partial charge in [0.15, 0.2) is 0 Å². The third-order valence-corrected chi connectivity index (χ3v) is 8.99. The van der Waals surface area contributed by atoms with Crippen LogP contribution in [0.15, 0.2) is 114 Å². The number of carbonyl (C=O) groups excluding carboxylic acids is 2. The first-order valence-corrected chi connectivity index (χ1v) is 17.4. The molecule has 0 saturated carbocycles. The van der Waals surface area contributed by atoms with Gasteiger partial charge in [-0.05, 0) is 73.0 Å². The number of hydrogen-bond donors (Lipinski definition) is 1. The number of nitrogens with zero attached hydrogens (tertiary/aromatic N) is 2. The summed E-state index contributed by atoms with van der Waals surface area (Å²) in [5.74, 6) is 0.357. The standard InChI is InChI=1S/C35H38BrN3O5S/c1-4-26(2)37-35(41)33(23-27-11-7-5-8-12-27)38(24-28-15-17-29(36)18-16-28)34(40)25-39(45(3,42)43)30-19-21-32(22-20-30)44-31-13-9-6-10-14-31/h5-22,26,33H,4,23-25H2,1-3H3,(H,37,41)/t26-,33-/m1/s1. The SMILES string of the molecule is CC[C@@H](C)NC(=O)[C@@H](Cc1ccccc1)N(Cc1ccc(Br)cc1)C(=O)CN(c1ccc(Oc2ccccc2)cc1)S(C)(=O)=O. The van der Waals surface area contributed by atoms with Crippen LogP contribution in [-0.2, 0) is 32.6 Å². The number of rotatable bonds is 14. The summed E-state index contributed by atoms with van der Waals surface area (Å²) in [5, 5.41) is 3.04. The minimum absolute atomic E-state index is 0.107. The molecule has 0 unspecified atom stereocenters. The molecule has 0 heterocycles. The molecule has 236 valence electrons. The predicted octanol–water partition coefficient (Wildman–Crippen LogP) is 6.56. The third-order valence-electron chi connectivity index (χ3n) is 7.32. The maximum Gasteiger partial charge on any atom is 0.244 e. The van der Waals surface area contributed by atoms with E-state index in [1.807, 2.05) is 98.8 Å². The first-order valence-electron chi connectivity index (χ1n) is 14.7. The molecular formula is C35H38BrN3O5S. The fourth-order valence-corrected chi connectivity index (χ4v) is 5.81. The van der Waals surface area contributed by atoms with Crippen LogP contribution in [-0.4, -0.2) is 50.0 Å². The Bertz CT molecular complexity index is 1650. The quantitative estimate of drug-likeness (QED) is 0.162. The molecule has 2 atom stereocenters. The van der Waals surface area contributed by atoms with E-state index in [-0.39, 0.29) is 24.9 Å². The summed E-state index contributed by atoms with van der Waals surface area (Å²) in [6.07, 6.45) is 2.04. The average Bonchev–Trinajstić information content (AvgIpc) is 3.03. The molecule has 1 N–H and O–H groups in total. The van der Waals surface area contributed by atoms with E-state index in [0.29, 0.717) is 17.2 Å². The molecule has 0 aliphatic carbocycles. The largest absolute Gasteiger partial charge is 0.457 e. The van der Waals surface area contributed by atoms with Gasteiger partial charge in [0.05, 0.1) is 11.9 Å². The van der Waals surface area contributed by atoms with Crippen molar-refractivity contribution in [2.24, 2.45) is 0 Å². The van der Waals surface area contributed by atoms with Gasteiger partial charge in [0.2, 0.25) is 21.8 Å². The first kappa shape index (κ1) is 33.7. The van der Waals surface area contributed by atoms with Crippen molar-refractivity contribution in [2.75, 3.05) is 17.1 Å². The topological polar surface area (TPSA) is 96.0 Å². The molecule has 2 amide bonds. The van der Waals surface area contributed by atoms with Gasteiger partial charge >= 0.3 is 0 Å². The van der Waals surface area contributed by atoms with Gasteiger partial charge in [-0.2, -0.15) is 0 Å². The Morgan fingerprint density at radius 1 is 0.822 bits per heavy atom. The lowest BCUT2D eigenvalue weighted by Gasteiger charge is -2.34. The number of nitrogens with one attached hydrogen (secondary N) is 1. The summed E-state index contributed by atoms with van der Waals surface area (Å²) in [6, 6.07) is 31.7. The van der Waals surface area contributed by atoms with Crippen molar-refractivity contribution in [3.63, 3.8) is 0 Å². The first-order chi connectivity index (χ1) is 21.5. The van der Waals surface area contributed by atoms with Crippen molar-refractivity contribution in [1.29, 1.82) is 0 Å². The highest BCUT2D eigenvalue weighted by Gasteiger charge is 2.33. The van der Waals surface area contributed by atoms with Gasteiger partial charge in [-0.15, -0.1) is 0 Å². The van der Waals surface area contributed by atoms with Crippen LogP contribution in [0.5, 0.6) is 11.5 Å². The molecule has 0 aliphatic heterocycles. The maximum atomic E-state index is 14.3. The van der Waals surface area contributed by atoms with Gasteiger partial charge in [0.25, 0.3) is 0 Å². The molecular weight excluding hydrogens is 654 g/mol. The molecule has 0 aromatic heterocycles. The number of halogens is 1. The molecule has 0 fully saturated rings. The fourth-order valence-electron chi connectivity index (χ4n) is 4.70. The van der Waals surface area contributed by atoms with Crippen LogP contribution in [0, 0.1) is 0 Å². The molecule has 0 spiro atoms. The lowest BCUT2D eigenvalue weighted by molar-refractivity contribution is -0.140. The van der Waals surface area contributed by atoms with E-state index >= 15 is 0 Å². The van der Waals surface area contributed by atoms with Crippen LogP contribution in [0.1, 0.15) is 31.4 Å². The fraction of sp³-hybridized carbons (Fsp3) is 0.257. The van der Waals surface area contributed by atoms with Crippen LogP contribution in [0.25, 0.3) is 0 Å². The number of sulfonamides is 1. The van der Waals surface area contributed by atoms with Crippen molar-refractivity contribution in [3.05, 3.63) is 125 Å². The molecule has 45 heavy (non-hydrogen) atoms. The number of hydrogen-bond acceptors (Lipinski definition) is 5. The van der Waals surface area contributed by atoms with E-state index in [0.717, 1.165) is 32.6 Å². The Balaban J connectivity index is 1.67. The Labute approximate surface area is 274 Å². The number of ether oxygens (including phenoxy) is 1. The Kier molecular flexibility index (Phi) is 11.8. The second-order valence-electron chi connectivity index (χ2n) is 10.9. The molecule has 10 heteroatoms. The van der Waals surface area contributed by atoms with E-state index in [9.17, 15) is 18.0 Å². The molecule has 0 bridgehead atoms. The van der Waals surface area contributed by atoms with Crippen LogP contribution < -0.4 is 14.4 Å². The van der Waals surface area contributed by atoms with Gasteiger partial charge < -0.3 is 15.0 Å². The molecule has 0 aliphatic rings. The molecule has 4 rings (SSSR count). The number of anilines is 1. The summed E-state index contributed by atoms with van der Waals surface area (Å²) >= 11 is 3.45. The van der Waals surface area contributed by atoms with Crippen LogP contribution in [0.3, 0.4) is 0 Å². The van der Waals surface area contributed by atoms with Crippen molar-refractivity contribution >= 4 is 43.5 Å². The Hall–Kier alpha value is -4.15. The maximum absolute atomic E-state index is 14.3. The number of carbonyl (C=O) groups is 2. The van der Waals surface area contributed by atoms with E-state index in [1.54, 1.807) is 24.3 Å². The van der Waals surface area contributed by atoms with Crippen molar-refractivity contribution in [1.82, 2.24) is 10.2 Å². The second kappa shape index (κ2) is 15.7. The van der Waals surface area contributed by atoms with Gasteiger partial charge in [-0.1, -0.05) is 83.5 Å². The predicted molar refractivity (Wildman–Crippen MR) is 182 cm³/mol. The van der Waals surface area contributed by atoms with Crippen LogP contribution >= 0.6 is 15.9 Å². The number of amides is 2. The summed E-state index contributed by atoms with van der Waals surface area (Å²) in [4.78, 5) is 29.5. The summed E-state index contributed by atoms with van der Waals surface area (Å²) in [7, 11) is -3.89. The zero-order valence-electron chi connectivity index (χ0n) is 25.6. The minimum Gasteiger partial charge on any atom is -0.457 e. The highest BCUT2D eigenvalue weighted by Crippen LogP contribution is 2.26. The molecule has 4 aromatic carbocycles. The molecule has 8 nitrogen and oxygen atoms in total. The van der Waals surface area contributed by atoms with Crippen LogP contribution in [0.4, 0.5) is 5.69 Å². The smallest absolute Gasteiger partial charge is 0.244 e. The van der Waals surface area contributed by atoms with Gasteiger partial charge in [0.1, 0.15) is 24.1 Å². The highest BCUT2D eigenvalue weighted by molar-refractivity contribution is 9.10. The van der Waals surface area contributed by atoms with E-state index in [4.69, 9.17) is 4.74 Å². The van der Waals surface area contributed by atoms with Crippen LogP contribution in [0.2, 0.25) is 0 Å². The Morgan fingerprint density at radius 2 is 1.40 bits per heavy atom. The summed E-state index contributed by atoms with van der Waals surface area (Å²) < 4.78 is 34.0. The molecule has 0 radical (unpaired) electrons. The lowest BCUT2D eigenvalue weighted by Crippen LogP contribution is -2.54. The van der Waals surface area contributed by atoms with Crippen molar-refractivity contribution in [3.8, 4) is 11.5 Å². The van der Waals surface area contributed by atoms with Crippen molar-refractivity contribution < 1.29 is 22.7 Å². The van der Waals surface area contributed by atoms with Gasteiger partial charge in [0, 0.05) is 23.5 Å². The molecule has 0 saturated heterocycles. The Morgan fingerprint density at radius 3 is 1.98 bits per heavy atom. The normalized spacial score (nSPS) is 12.5. The van der Waals surface area contributed by atoms with Gasteiger partial charge in [-0.25, -0.2) is 8.42 Å². The second-order valence-corrected chi connectivity index (χ2v) is 13.7. The van der Waals surface area contributed by atoms with E-state index in [2.05, 4.69) is 21.2 Å². The van der Waals surface area contributed by atoms with Gasteiger partial charge in [-0.3, -0.25) is 13.9 Å². The van der Waals surface area contributed by atoms with E-state index in [1.165, 1.54) is 4.90 Å². The zero-order chi connectivity index (χ0) is 32.4. The van der Waals surface area contributed by atoms with E-state index < -0.39 is 28.5 Å². The summed E-state index contributed by atoms with van der Waals surface area (Å²) in [5.41, 5.74) is 1.98. The minimum atomic E-state index is -3.89. The zero-order valence-corrected chi connectivity index (χ0v) is 28.0. The average molecular weight is 693 g/mol. The number of para-hydroxylation sites is 1. The number of benzene rings is 4. The summed E-state index contributed by atoms with van der Waals surface area (Å²) in [6.45, 7) is 3.51. The highest BCUT2D eigenvalue weighted by atomic mass is 79.9.